The Kier molecular flexibility index (Phi) is 5.98. The number of benzene rings is 2. The Morgan fingerprint density at radius 1 is 1.17 bits per heavy atom. The molecule has 0 bridgehead atoms. The van der Waals surface area contributed by atoms with E-state index in [1.807, 2.05) is 36.4 Å². The average molecular weight is 312 g/mol. The third-order valence-electron chi connectivity index (χ3n) is 2.92. The molecule has 1 amide bonds. The van der Waals surface area contributed by atoms with Crippen molar-refractivity contribution in [2.24, 2.45) is 0 Å². The number of rotatable bonds is 7. The van der Waals surface area contributed by atoms with Gasteiger partial charge in [-0.05, 0) is 17.7 Å². The van der Waals surface area contributed by atoms with Gasteiger partial charge in [0.2, 0.25) is 0 Å². The molecule has 0 saturated heterocycles. The first-order valence-electron chi connectivity index (χ1n) is 6.88. The van der Waals surface area contributed by atoms with Gasteiger partial charge in [0.25, 0.3) is 5.91 Å². The summed E-state index contributed by atoms with van der Waals surface area (Å²) in [4.78, 5) is 16.8. The topological polar surface area (TPSA) is 80.6 Å². The number of nitrogens with zero attached hydrogens (tertiary/aromatic N) is 1. The molecule has 0 saturated carbocycles. The summed E-state index contributed by atoms with van der Waals surface area (Å²) in [5, 5.41) is 8.83. The first-order chi connectivity index (χ1) is 11.2. The van der Waals surface area contributed by atoms with Crippen molar-refractivity contribution in [3.05, 3.63) is 59.7 Å². The second-order valence-corrected chi connectivity index (χ2v) is 4.57. The van der Waals surface area contributed by atoms with E-state index in [4.69, 9.17) is 19.6 Å². The number of amides is 1. The van der Waals surface area contributed by atoms with E-state index in [2.05, 4.69) is 5.48 Å². The van der Waals surface area contributed by atoms with E-state index in [0.717, 1.165) is 5.56 Å². The van der Waals surface area contributed by atoms with E-state index in [9.17, 15) is 4.79 Å². The van der Waals surface area contributed by atoms with Gasteiger partial charge in [0.05, 0.1) is 25.3 Å². The Morgan fingerprint density at radius 2 is 1.96 bits per heavy atom. The van der Waals surface area contributed by atoms with Crippen molar-refractivity contribution in [3.63, 3.8) is 0 Å². The fraction of sp³-hybridized carbons (Fsp3) is 0.176. The Morgan fingerprint density at radius 3 is 2.65 bits per heavy atom. The van der Waals surface area contributed by atoms with Gasteiger partial charge in [-0.3, -0.25) is 9.63 Å². The monoisotopic (exact) mass is 312 g/mol. The van der Waals surface area contributed by atoms with Crippen molar-refractivity contribution in [2.45, 2.75) is 6.61 Å². The average Bonchev–Trinajstić information content (AvgIpc) is 2.60. The molecule has 6 heteroatoms. The van der Waals surface area contributed by atoms with Crippen LogP contribution in [0.25, 0.3) is 0 Å². The summed E-state index contributed by atoms with van der Waals surface area (Å²) in [6.45, 7) is 0.0455. The van der Waals surface area contributed by atoms with E-state index in [1.165, 1.54) is 7.11 Å². The molecular formula is C17H16N2O4. The molecule has 0 heterocycles. The fourth-order valence-electron chi connectivity index (χ4n) is 1.80. The molecule has 118 valence electrons. The maximum Gasteiger partial charge on any atom is 0.281 e. The highest BCUT2D eigenvalue weighted by molar-refractivity contribution is 5.76. The van der Waals surface area contributed by atoms with Gasteiger partial charge < -0.3 is 9.47 Å². The highest BCUT2D eigenvalue weighted by atomic mass is 16.7. The van der Waals surface area contributed by atoms with E-state index in [-0.39, 0.29) is 13.2 Å². The number of methoxy groups -OCH3 is 1. The fourth-order valence-corrected chi connectivity index (χ4v) is 1.80. The third-order valence-corrected chi connectivity index (χ3v) is 2.92. The second-order valence-electron chi connectivity index (χ2n) is 4.57. The largest absolute Gasteiger partial charge is 0.493 e. The minimum absolute atomic E-state index is 0.225. The quantitative estimate of drug-likeness (QED) is 0.793. The van der Waals surface area contributed by atoms with Crippen LogP contribution in [-0.4, -0.2) is 19.6 Å². The minimum atomic E-state index is -0.424. The zero-order valence-electron chi connectivity index (χ0n) is 12.6. The molecular weight excluding hydrogens is 296 g/mol. The molecule has 0 unspecified atom stereocenters. The summed E-state index contributed by atoms with van der Waals surface area (Å²) in [6, 6.07) is 16.2. The number of nitrogens with one attached hydrogen (secondary N) is 1. The molecule has 2 aromatic rings. The van der Waals surface area contributed by atoms with Crippen LogP contribution >= 0.6 is 0 Å². The van der Waals surface area contributed by atoms with Gasteiger partial charge in [0, 0.05) is 6.07 Å². The molecule has 23 heavy (non-hydrogen) atoms. The number of hydrogen-bond donors (Lipinski definition) is 1. The van der Waals surface area contributed by atoms with Gasteiger partial charge in [-0.1, -0.05) is 30.3 Å². The summed E-state index contributed by atoms with van der Waals surface area (Å²) >= 11 is 0. The van der Waals surface area contributed by atoms with E-state index >= 15 is 0 Å². The zero-order chi connectivity index (χ0) is 16.5. The van der Waals surface area contributed by atoms with Crippen LogP contribution in [0.15, 0.2) is 48.5 Å². The molecule has 0 aliphatic carbocycles. The molecule has 0 aliphatic heterocycles. The molecule has 0 spiro atoms. The Hall–Kier alpha value is -3.04. The number of carbonyl (C=O) groups excluding carboxylic acids is 1. The maximum absolute atomic E-state index is 11.7. The standard InChI is InChI=1S/C17H16N2O4/c1-21-16-9-14(10-18)7-8-15(16)22-12-17(20)19-23-11-13-5-3-2-4-6-13/h2-9H,11-12H2,1H3,(H,19,20). The van der Waals surface area contributed by atoms with Gasteiger partial charge in [0.1, 0.15) is 0 Å². The number of hydroxylamine groups is 1. The SMILES string of the molecule is COc1cc(C#N)ccc1OCC(=O)NOCc1ccccc1. The third kappa shape index (κ3) is 5.02. The lowest BCUT2D eigenvalue weighted by Crippen LogP contribution is -2.29. The van der Waals surface area contributed by atoms with Gasteiger partial charge in [0.15, 0.2) is 18.1 Å². The van der Waals surface area contributed by atoms with Crippen molar-refractivity contribution in [2.75, 3.05) is 13.7 Å². The first kappa shape index (κ1) is 16.3. The lowest BCUT2D eigenvalue weighted by Gasteiger charge is -2.11. The van der Waals surface area contributed by atoms with Crippen LogP contribution in [0.5, 0.6) is 11.5 Å². The lowest BCUT2D eigenvalue weighted by atomic mass is 10.2. The second kappa shape index (κ2) is 8.41. The lowest BCUT2D eigenvalue weighted by molar-refractivity contribution is -0.136. The van der Waals surface area contributed by atoms with Gasteiger partial charge >= 0.3 is 0 Å². The first-order valence-corrected chi connectivity index (χ1v) is 6.88. The van der Waals surface area contributed by atoms with Gasteiger partial charge in [-0.2, -0.15) is 5.26 Å². The molecule has 2 aromatic carbocycles. The highest BCUT2D eigenvalue weighted by Gasteiger charge is 2.08. The number of ether oxygens (including phenoxy) is 2. The summed E-state index contributed by atoms with van der Waals surface area (Å²) in [5.41, 5.74) is 3.70. The van der Waals surface area contributed by atoms with Crippen LogP contribution in [0.3, 0.4) is 0 Å². The molecule has 0 fully saturated rings. The van der Waals surface area contributed by atoms with E-state index < -0.39 is 5.91 Å². The van der Waals surface area contributed by atoms with Crippen molar-refractivity contribution in [1.82, 2.24) is 5.48 Å². The Bertz CT molecular complexity index is 695. The van der Waals surface area contributed by atoms with Crippen molar-refractivity contribution in [1.29, 1.82) is 5.26 Å². The van der Waals surface area contributed by atoms with E-state index in [0.29, 0.717) is 17.1 Å². The summed E-state index contributed by atoms with van der Waals surface area (Å²) in [6.07, 6.45) is 0. The molecule has 0 aliphatic rings. The minimum Gasteiger partial charge on any atom is -0.493 e. The van der Waals surface area contributed by atoms with Crippen LogP contribution in [0.1, 0.15) is 11.1 Å². The Labute approximate surface area is 134 Å². The molecule has 0 atom stereocenters. The number of hydrogen-bond acceptors (Lipinski definition) is 5. The predicted octanol–water partition coefficient (Wildman–Crippen LogP) is 2.19. The number of carbonyl (C=O) groups is 1. The van der Waals surface area contributed by atoms with Gasteiger partial charge in [-0.25, -0.2) is 5.48 Å². The Balaban J connectivity index is 1.79. The van der Waals surface area contributed by atoms with Crippen LogP contribution in [0.2, 0.25) is 0 Å². The van der Waals surface area contributed by atoms with Crippen LogP contribution in [0, 0.1) is 11.3 Å². The zero-order valence-corrected chi connectivity index (χ0v) is 12.6. The van der Waals surface area contributed by atoms with Crippen molar-refractivity contribution >= 4 is 5.91 Å². The van der Waals surface area contributed by atoms with Crippen molar-refractivity contribution < 1.29 is 19.1 Å². The summed E-state index contributed by atoms with van der Waals surface area (Å²) in [7, 11) is 1.46. The van der Waals surface area contributed by atoms with Crippen LogP contribution < -0.4 is 15.0 Å². The van der Waals surface area contributed by atoms with Gasteiger partial charge in [-0.15, -0.1) is 0 Å². The highest BCUT2D eigenvalue weighted by Crippen LogP contribution is 2.27. The predicted molar refractivity (Wildman–Crippen MR) is 82.6 cm³/mol. The molecule has 2 rings (SSSR count). The smallest absolute Gasteiger partial charge is 0.281 e. The maximum atomic E-state index is 11.7. The molecule has 0 aromatic heterocycles. The molecule has 0 radical (unpaired) electrons. The van der Waals surface area contributed by atoms with Crippen LogP contribution in [0.4, 0.5) is 0 Å². The summed E-state index contributed by atoms with van der Waals surface area (Å²) < 4.78 is 10.5. The van der Waals surface area contributed by atoms with Crippen molar-refractivity contribution in [3.8, 4) is 17.6 Å². The molecule has 6 nitrogen and oxygen atoms in total. The number of nitriles is 1. The molecule has 1 N–H and O–H groups in total. The summed E-state index contributed by atoms with van der Waals surface area (Å²) in [5.74, 6) is 0.346. The normalized spacial score (nSPS) is 9.74. The van der Waals surface area contributed by atoms with Crippen LogP contribution in [-0.2, 0) is 16.2 Å². The van der Waals surface area contributed by atoms with E-state index in [1.54, 1.807) is 18.2 Å².